The molecular formula is C17H29N3. The quantitative estimate of drug-likeness (QED) is 0.894. The summed E-state index contributed by atoms with van der Waals surface area (Å²) in [5, 5.41) is 3.43. The smallest absolute Gasteiger partial charge is 0.0544 e. The molecule has 1 saturated heterocycles. The van der Waals surface area contributed by atoms with E-state index in [1.54, 1.807) is 0 Å². The van der Waals surface area contributed by atoms with Gasteiger partial charge in [0, 0.05) is 31.4 Å². The first-order chi connectivity index (χ1) is 9.56. The Bertz CT molecular complexity index is 399. The fourth-order valence-corrected chi connectivity index (χ4v) is 2.83. The zero-order chi connectivity index (χ0) is 14.5. The Hall–Kier alpha value is -0.930. The molecule has 1 aromatic rings. The molecule has 20 heavy (non-hydrogen) atoms. The Morgan fingerprint density at radius 2 is 2.15 bits per heavy atom. The molecule has 1 aromatic heterocycles. The van der Waals surface area contributed by atoms with Gasteiger partial charge in [-0.1, -0.05) is 26.8 Å². The average Bonchev–Trinajstić information content (AvgIpc) is 2.43. The van der Waals surface area contributed by atoms with Crippen molar-refractivity contribution >= 4 is 0 Å². The van der Waals surface area contributed by atoms with Crippen LogP contribution in [0.2, 0.25) is 0 Å². The van der Waals surface area contributed by atoms with Gasteiger partial charge in [-0.2, -0.15) is 0 Å². The Morgan fingerprint density at radius 3 is 2.80 bits per heavy atom. The molecule has 1 N–H and O–H groups in total. The highest BCUT2D eigenvalue weighted by molar-refractivity contribution is 5.14. The lowest BCUT2D eigenvalue weighted by Gasteiger charge is -2.37. The van der Waals surface area contributed by atoms with Gasteiger partial charge in [0.15, 0.2) is 0 Å². The Balaban J connectivity index is 1.90. The van der Waals surface area contributed by atoms with Crippen LogP contribution in [0.15, 0.2) is 18.3 Å². The molecule has 1 aliphatic heterocycles. The minimum Gasteiger partial charge on any atom is -0.310 e. The minimum atomic E-state index is 0.519. The van der Waals surface area contributed by atoms with Gasteiger partial charge in [-0.15, -0.1) is 0 Å². The molecule has 0 spiro atoms. The Kier molecular flexibility index (Phi) is 5.55. The molecule has 0 amide bonds. The van der Waals surface area contributed by atoms with Gasteiger partial charge in [-0.05, 0) is 43.9 Å². The van der Waals surface area contributed by atoms with Crippen LogP contribution in [0.3, 0.4) is 0 Å². The van der Waals surface area contributed by atoms with Crippen molar-refractivity contribution in [3.63, 3.8) is 0 Å². The molecule has 3 heteroatoms. The summed E-state index contributed by atoms with van der Waals surface area (Å²) in [7, 11) is 0. The van der Waals surface area contributed by atoms with Crippen molar-refractivity contribution in [1.29, 1.82) is 0 Å². The van der Waals surface area contributed by atoms with Crippen LogP contribution in [0.4, 0.5) is 0 Å². The first-order valence-electron chi connectivity index (χ1n) is 7.97. The molecule has 0 aromatic carbocycles. The van der Waals surface area contributed by atoms with Crippen LogP contribution < -0.4 is 5.32 Å². The first-order valence-corrected chi connectivity index (χ1v) is 7.97. The van der Waals surface area contributed by atoms with Crippen LogP contribution in [0.1, 0.15) is 51.8 Å². The molecule has 0 saturated carbocycles. The number of nitrogens with zero attached hydrogens (tertiary/aromatic N) is 2. The number of hydrogen-bond acceptors (Lipinski definition) is 3. The molecule has 0 radical (unpaired) electrons. The van der Waals surface area contributed by atoms with E-state index < -0.39 is 0 Å². The zero-order valence-electron chi connectivity index (χ0n) is 13.4. The van der Waals surface area contributed by atoms with Crippen molar-refractivity contribution in [2.75, 3.05) is 6.54 Å². The van der Waals surface area contributed by atoms with E-state index in [2.05, 4.69) is 55.0 Å². The third kappa shape index (κ3) is 4.29. The van der Waals surface area contributed by atoms with Gasteiger partial charge in [0.2, 0.25) is 0 Å². The van der Waals surface area contributed by atoms with Crippen LogP contribution in [-0.2, 0) is 13.1 Å². The first kappa shape index (κ1) is 15.5. The second-order valence-electron chi connectivity index (χ2n) is 6.52. The molecule has 3 nitrogen and oxygen atoms in total. The van der Waals surface area contributed by atoms with Gasteiger partial charge in [0.05, 0.1) is 5.69 Å². The molecular weight excluding hydrogens is 246 g/mol. The monoisotopic (exact) mass is 275 g/mol. The van der Waals surface area contributed by atoms with Crippen molar-refractivity contribution in [2.45, 2.75) is 65.7 Å². The number of likely N-dealkylation sites (tertiary alicyclic amines) is 1. The highest BCUT2D eigenvalue weighted by Gasteiger charge is 2.24. The lowest BCUT2D eigenvalue weighted by atomic mass is 9.92. The van der Waals surface area contributed by atoms with Crippen LogP contribution in [0.5, 0.6) is 0 Å². The molecule has 1 aliphatic rings. The molecule has 0 bridgehead atoms. The van der Waals surface area contributed by atoms with Crippen molar-refractivity contribution in [2.24, 2.45) is 5.92 Å². The average molecular weight is 275 g/mol. The van der Waals surface area contributed by atoms with Crippen LogP contribution >= 0.6 is 0 Å². The zero-order valence-corrected chi connectivity index (χ0v) is 13.4. The van der Waals surface area contributed by atoms with E-state index in [0.29, 0.717) is 12.1 Å². The lowest BCUT2D eigenvalue weighted by molar-refractivity contribution is 0.105. The minimum absolute atomic E-state index is 0.519. The summed E-state index contributed by atoms with van der Waals surface area (Å²) in [6.07, 6.45) is 4.70. The molecule has 2 rings (SSSR count). The second-order valence-corrected chi connectivity index (χ2v) is 6.52. The van der Waals surface area contributed by atoms with Crippen molar-refractivity contribution in [3.8, 4) is 0 Å². The summed E-state index contributed by atoms with van der Waals surface area (Å²) < 4.78 is 0. The van der Waals surface area contributed by atoms with Crippen molar-refractivity contribution in [3.05, 3.63) is 29.6 Å². The fraction of sp³-hybridized carbons (Fsp3) is 0.706. The van der Waals surface area contributed by atoms with Gasteiger partial charge < -0.3 is 5.32 Å². The number of pyridine rings is 1. The van der Waals surface area contributed by atoms with Gasteiger partial charge in [-0.25, -0.2) is 0 Å². The van der Waals surface area contributed by atoms with Crippen LogP contribution in [0.25, 0.3) is 0 Å². The molecule has 112 valence electrons. The van der Waals surface area contributed by atoms with Gasteiger partial charge >= 0.3 is 0 Å². The predicted octanol–water partition coefficient (Wildman–Crippen LogP) is 3.20. The van der Waals surface area contributed by atoms with E-state index in [-0.39, 0.29) is 0 Å². The van der Waals surface area contributed by atoms with E-state index >= 15 is 0 Å². The molecule has 2 unspecified atom stereocenters. The van der Waals surface area contributed by atoms with Crippen LogP contribution in [-0.4, -0.2) is 28.5 Å². The summed E-state index contributed by atoms with van der Waals surface area (Å²) in [5.41, 5.74) is 2.46. The van der Waals surface area contributed by atoms with E-state index in [1.165, 1.54) is 30.6 Å². The molecule has 0 aliphatic carbocycles. The van der Waals surface area contributed by atoms with Crippen molar-refractivity contribution < 1.29 is 0 Å². The molecule has 1 fully saturated rings. The van der Waals surface area contributed by atoms with Gasteiger partial charge in [-0.3, -0.25) is 9.88 Å². The standard InChI is InChI=1S/C17H29N3/c1-13(2)18-10-16-7-8-17(19-11-16)12-20-9-5-6-14(3)15(20)4/h7-8,11,13-15,18H,5-6,9-10,12H2,1-4H3. The van der Waals surface area contributed by atoms with E-state index in [0.717, 1.165) is 19.0 Å². The number of piperidine rings is 1. The fourth-order valence-electron chi connectivity index (χ4n) is 2.83. The summed E-state index contributed by atoms with van der Waals surface area (Å²) in [6, 6.07) is 5.58. The Morgan fingerprint density at radius 1 is 1.35 bits per heavy atom. The van der Waals surface area contributed by atoms with Crippen LogP contribution in [0, 0.1) is 5.92 Å². The SMILES string of the molecule is CC(C)NCc1ccc(CN2CCCC(C)C2C)nc1. The van der Waals surface area contributed by atoms with E-state index in [1.807, 2.05) is 6.20 Å². The largest absolute Gasteiger partial charge is 0.310 e. The summed E-state index contributed by atoms with van der Waals surface area (Å²) in [4.78, 5) is 7.20. The maximum atomic E-state index is 4.63. The summed E-state index contributed by atoms with van der Waals surface area (Å²) >= 11 is 0. The summed E-state index contributed by atoms with van der Waals surface area (Å²) in [6.45, 7) is 12.2. The van der Waals surface area contributed by atoms with Gasteiger partial charge in [0.25, 0.3) is 0 Å². The topological polar surface area (TPSA) is 28.2 Å². The Labute approximate surface area is 123 Å². The third-order valence-corrected chi connectivity index (χ3v) is 4.47. The summed E-state index contributed by atoms with van der Waals surface area (Å²) in [5.74, 6) is 0.804. The number of aromatic nitrogens is 1. The number of rotatable bonds is 5. The highest BCUT2D eigenvalue weighted by Crippen LogP contribution is 2.24. The second kappa shape index (κ2) is 7.19. The maximum absolute atomic E-state index is 4.63. The van der Waals surface area contributed by atoms with Gasteiger partial charge in [0.1, 0.15) is 0 Å². The molecule has 2 heterocycles. The third-order valence-electron chi connectivity index (χ3n) is 4.47. The lowest BCUT2D eigenvalue weighted by Crippen LogP contribution is -2.41. The predicted molar refractivity (Wildman–Crippen MR) is 84.5 cm³/mol. The van der Waals surface area contributed by atoms with E-state index in [9.17, 15) is 0 Å². The maximum Gasteiger partial charge on any atom is 0.0544 e. The normalized spacial score (nSPS) is 24.2. The van der Waals surface area contributed by atoms with E-state index in [4.69, 9.17) is 0 Å². The molecule has 2 atom stereocenters. The van der Waals surface area contributed by atoms with Crippen molar-refractivity contribution in [1.82, 2.24) is 15.2 Å². The number of nitrogens with one attached hydrogen (secondary N) is 1. The highest BCUT2D eigenvalue weighted by atomic mass is 15.2. The number of hydrogen-bond donors (Lipinski definition) is 1.